The van der Waals surface area contributed by atoms with E-state index in [9.17, 15) is 20.0 Å². The van der Waals surface area contributed by atoms with Gasteiger partial charge in [-0.1, -0.05) is 19.3 Å². The summed E-state index contributed by atoms with van der Waals surface area (Å²) in [5, 5.41) is 23.3. The van der Waals surface area contributed by atoms with Crippen LogP contribution in [-0.2, 0) is 0 Å². The summed E-state index contributed by atoms with van der Waals surface area (Å²) in [5.74, 6) is -0.279. The Morgan fingerprint density at radius 1 is 1.38 bits per heavy atom. The van der Waals surface area contributed by atoms with E-state index in [0.29, 0.717) is 11.1 Å². The second-order valence-electron chi connectivity index (χ2n) is 5.71. The maximum Gasteiger partial charge on any atom is 0.269 e. The third-order valence-corrected chi connectivity index (χ3v) is 4.16. The van der Waals surface area contributed by atoms with E-state index in [0.717, 1.165) is 32.1 Å². The quantitative estimate of drug-likeness (QED) is 0.658. The van der Waals surface area contributed by atoms with Crippen LogP contribution in [0.1, 0.15) is 48.0 Å². The van der Waals surface area contributed by atoms with Gasteiger partial charge in [-0.05, 0) is 31.4 Å². The fraction of sp³-hybridized carbons (Fsp3) is 0.533. The highest BCUT2D eigenvalue weighted by Gasteiger charge is 2.33. The van der Waals surface area contributed by atoms with Crippen LogP contribution < -0.4 is 5.32 Å². The van der Waals surface area contributed by atoms with Crippen LogP contribution in [-0.4, -0.2) is 28.1 Å². The summed E-state index contributed by atoms with van der Waals surface area (Å²) in [6.07, 6.45) is 4.62. The molecule has 0 saturated heterocycles. The van der Waals surface area contributed by atoms with Crippen molar-refractivity contribution in [2.24, 2.45) is 0 Å². The minimum absolute atomic E-state index is 0.0291. The minimum atomic E-state index is -0.552. The molecule has 1 amide bonds. The van der Waals surface area contributed by atoms with Gasteiger partial charge in [0.15, 0.2) is 0 Å². The lowest BCUT2D eigenvalue weighted by atomic mass is 9.82. The Labute approximate surface area is 123 Å². The van der Waals surface area contributed by atoms with Crippen LogP contribution in [0, 0.1) is 17.0 Å². The van der Waals surface area contributed by atoms with Crippen LogP contribution in [0.5, 0.6) is 0 Å². The van der Waals surface area contributed by atoms with Gasteiger partial charge in [-0.2, -0.15) is 0 Å². The Balaban J connectivity index is 2.18. The average molecular weight is 292 g/mol. The van der Waals surface area contributed by atoms with Crippen molar-refractivity contribution < 1.29 is 14.8 Å². The van der Waals surface area contributed by atoms with Gasteiger partial charge in [0.2, 0.25) is 0 Å². The third-order valence-electron chi connectivity index (χ3n) is 4.16. The highest BCUT2D eigenvalue weighted by Crippen LogP contribution is 2.28. The number of carbonyl (C=O) groups is 1. The number of hydrogen-bond acceptors (Lipinski definition) is 4. The number of rotatable bonds is 4. The Kier molecular flexibility index (Phi) is 4.57. The number of aliphatic hydroxyl groups excluding tert-OH is 1. The van der Waals surface area contributed by atoms with Crippen LogP contribution in [0.4, 0.5) is 5.69 Å². The molecular weight excluding hydrogens is 272 g/mol. The summed E-state index contributed by atoms with van der Waals surface area (Å²) in [4.78, 5) is 22.6. The number of aryl methyl sites for hydroxylation is 1. The van der Waals surface area contributed by atoms with Gasteiger partial charge in [0.1, 0.15) is 0 Å². The summed E-state index contributed by atoms with van der Waals surface area (Å²) in [5.41, 5.74) is 0.395. The number of nitrogens with one attached hydrogen (secondary N) is 1. The van der Waals surface area contributed by atoms with Crippen LogP contribution >= 0.6 is 0 Å². The number of nitrogens with zero attached hydrogens (tertiary/aromatic N) is 1. The summed E-state index contributed by atoms with van der Waals surface area (Å²) in [6, 6.07) is 4.19. The molecule has 0 spiro atoms. The maximum atomic E-state index is 12.4. The smallest absolute Gasteiger partial charge is 0.269 e. The van der Waals surface area contributed by atoms with Gasteiger partial charge < -0.3 is 10.4 Å². The van der Waals surface area contributed by atoms with E-state index in [1.165, 1.54) is 18.2 Å². The molecule has 0 atom stereocenters. The van der Waals surface area contributed by atoms with Gasteiger partial charge in [-0.3, -0.25) is 14.9 Å². The maximum absolute atomic E-state index is 12.4. The number of nitro groups is 1. The van der Waals surface area contributed by atoms with E-state index >= 15 is 0 Å². The molecule has 1 aromatic carbocycles. The third kappa shape index (κ3) is 3.39. The molecule has 1 aromatic rings. The molecule has 0 bridgehead atoms. The van der Waals surface area contributed by atoms with Crippen molar-refractivity contribution in [1.29, 1.82) is 0 Å². The second-order valence-corrected chi connectivity index (χ2v) is 5.71. The summed E-state index contributed by atoms with van der Waals surface area (Å²) < 4.78 is 0. The molecule has 1 aliphatic rings. The first kappa shape index (κ1) is 15.4. The van der Waals surface area contributed by atoms with Crippen LogP contribution in [0.15, 0.2) is 18.2 Å². The molecule has 6 heteroatoms. The highest BCUT2D eigenvalue weighted by atomic mass is 16.6. The molecular formula is C15H20N2O4. The fourth-order valence-electron chi connectivity index (χ4n) is 2.88. The Hall–Kier alpha value is -1.95. The standard InChI is InChI=1S/C15H20N2O4/c1-11-9-12(17(20)21)5-6-13(11)14(19)16-15(10-18)7-3-2-4-8-15/h5-6,9,18H,2-4,7-8,10H2,1H3,(H,16,19). The van der Waals surface area contributed by atoms with E-state index in [4.69, 9.17) is 0 Å². The van der Waals surface area contributed by atoms with Crippen molar-refractivity contribution in [2.45, 2.75) is 44.6 Å². The lowest BCUT2D eigenvalue weighted by Crippen LogP contribution is -2.52. The molecule has 0 unspecified atom stereocenters. The van der Waals surface area contributed by atoms with Crippen molar-refractivity contribution >= 4 is 11.6 Å². The fourth-order valence-corrected chi connectivity index (χ4v) is 2.88. The first-order chi connectivity index (χ1) is 9.97. The molecule has 2 N–H and O–H groups in total. The first-order valence-corrected chi connectivity index (χ1v) is 7.16. The molecule has 1 saturated carbocycles. The van der Waals surface area contributed by atoms with Crippen LogP contribution in [0.25, 0.3) is 0 Å². The molecule has 0 radical (unpaired) electrons. The molecule has 6 nitrogen and oxygen atoms in total. The summed E-state index contributed by atoms with van der Waals surface area (Å²) in [7, 11) is 0. The molecule has 0 heterocycles. The van der Waals surface area contributed by atoms with Crippen LogP contribution in [0.2, 0.25) is 0 Å². The van der Waals surface area contributed by atoms with Gasteiger partial charge in [-0.25, -0.2) is 0 Å². The Morgan fingerprint density at radius 3 is 2.57 bits per heavy atom. The molecule has 1 aliphatic carbocycles. The predicted molar refractivity (Wildman–Crippen MR) is 78.2 cm³/mol. The normalized spacial score (nSPS) is 17.2. The lowest BCUT2D eigenvalue weighted by Gasteiger charge is -2.36. The second kappa shape index (κ2) is 6.22. The van der Waals surface area contributed by atoms with Gasteiger partial charge in [0.25, 0.3) is 11.6 Å². The Bertz CT molecular complexity index is 551. The highest BCUT2D eigenvalue weighted by molar-refractivity contribution is 5.96. The van der Waals surface area contributed by atoms with Gasteiger partial charge in [-0.15, -0.1) is 0 Å². The van der Waals surface area contributed by atoms with E-state index < -0.39 is 10.5 Å². The minimum Gasteiger partial charge on any atom is -0.394 e. The summed E-state index contributed by atoms with van der Waals surface area (Å²) >= 11 is 0. The number of aliphatic hydroxyl groups is 1. The van der Waals surface area contributed by atoms with Gasteiger partial charge in [0, 0.05) is 17.7 Å². The van der Waals surface area contributed by atoms with Gasteiger partial charge in [0.05, 0.1) is 17.1 Å². The first-order valence-electron chi connectivity index (χ1n) is 7.16. The predicted octanol–water partition coefficient (Wildman–Crippen LogP) is 2.33. The number of nitro benzene ring substituents is 1. The monoisotopic (exact) mass is 292 g/mol. The van der Waals surface area contributed by atoms with E-state index in [1.54, 1.807) is 6.92 Å². The summed E-state index contributed by atoms with van der Waals surface area (Å²) in [6.45, 7) is 1.60. The number of benzene rings is 1. The van der Waals surface area contributed by atoms with Crippen molar-refractivity contribution in [3.8, 4) is 0 Å². The van der Waals surface area contributed by atoms with Crippen molar-refractivity contribution in [1.82, 2.24) is 5.32 Å². The van der Waals surface area contributed by atoms with E-state index in [2.05, 4.69) is 5.32 Å². The van der Waals surface area contributed by atoms with E-state index in [-0.39, 0.29) is 18.2 Å². The SMILES string of the molecule is Cc1cc([N+](=O)[O-])ccc1C(=O)NC1(CO)CCCCC1. The topological polar surface area (TPSA) is 92.5 Å². The molecule has 0 aliphatic heterocycles. The van der Waals surface area contributed by atoms with Crippen molar-refractivity contribution in [2.75, 3.05) is 6.61 Å². The zero-order chi connectivity index (χ0) is 15.5. The molecule has 0 aromatic heterocycles. The zero-order valence-corrected chi connectivity index (χ0v) is 12.1. The Morgan fingerprint density at radius 2 is 2.05 bits per heavy atom. The lowest BCUT2D eigenvalue weighted by molar-refractivity contribution is -0.384. The molecule has 2 rings (SSSR count). The van der Waals surface area contributed by atoms with Crippen molar-refractivity contribution in [3.63, 3.8) is 0 Å². The largest absolute Gasteiger partial charge is 0.394 e. The zero-order valence-electron chi connectivity index (χ0n) is 12.1. The number of hydrogen-bond donors (Lipinski definition) is 2. The van der Waals surface area contributed by atoms with Gasteiger partial charge >= 0.3 is 0 Å². The van der Waals surface area contributed by atoms with Crippen LogP contribution in [0.3, 0.4) is 0 Å². The number of carbonyl (C=O) groups excluding carboxylic acids is 1. The average Bonchev–Trinajstić information content (AvgIpc) is 2.47. The molecule has 1 fully saturated rings. The molecule has 114 valence electrons. The number of amides is 1. The molecule has 21 heavy (non-hydrogen) atoms. The number of non-ortho nitro benzene ring substituents is 1. The van der Waals surface area contributed by atoms with Crippen molar-refractivity contribution in [3.05, 3.63) is 39.4 Å². The van der Waals surface area contributed by atoms with E-state index in [1.807, 2.05) is 0 Å².